The van der Waals surface area contributed by atoms with E-state index in [4.69, 9.17) is 0 Å². The van der Waals surface area contributed by atoms with E-state index in [0.717, 1.165) is 33.9 Å². The molecule has 1 aliphatic carbocycles. The van der Waals surface area contributed by atoms with Crippen LogP contribution in [0.3, 0.4) is 0 Å². The van der Waals surface area contributed by atoms with Crippen molar-refractivity contribution in [3.63, 3.8) is 0 Å². The number of anilines is 3. The van der Waals surface area contributed by atoms with Crippen LogP contribution in [-0.4, -0.2) is 4.57 Å². The highest BCUT2D eigenvalue weighted by Gasteiger charge is 2.46. The number of para-hydroxylation sites is 2. The quantitative estimate of drug-likeness (QED) is 0.133. The fraction of sp³-hybridized carbons (Fsp3) is 0.0137. The van der Waals surface area contributed by atoms with Crippen LogP contribution in [0.25, 0.3) is 83.1 Å². The summed E-state index contributed by atoms with van der Waals surface area (Å²) in [6.07, 6.45) is 0. The normalized spacial score (nSPS) is 12.4. The van der Waals surface area contributed by atoms with Crippen LogP contribution < -0.4 is 4.90 Å². The van der Waals surface area contributed by atoms with Crippen molar-refractivity contribution in [2.45, 2.75) is 5.41 Å². The van der Waals surface area contributed by atoms with Crippen molar-refractivity contribution in [2.24, 2.45) is 0 Å². The van der Waals surface area contributed by atoms with Gasteiger partial charge in [-0.15, -0.1) is 0 Å². The molecule has 13 aromatic rings. The van der Waals surface area contributed by atoms with Crippen LogP contribution in [0.15, 0.2) is 303 Å². The third-order valence-corrected chi connectivity index (χ3v) is 15.5. The Balaban J connectivity index is 0.847. The van der Waals surface area contributed by atoms with Crippen LogP contribution in [0, 0.1) is 0 Å². The van der Waals surface area contributed by atoms with E-state index in [9.17, 15) is 0 Å². The van der Waals surface area contributed by atoms with E-state index in [1.165, 1.54) is 88.6 Å². The summed E-state index contributed by atoms with van der Waals surface area (Å²) in [6.45, 7) is 0. The lowest BCUT2D eigenvalue weighted by molar-refractivity contribution is 0.769. The van der Waals surface area contributed by atoms with Gasteiger partial charge in [-0.05, 0) is 157 Å². The molecule has 0 saturated heterocycles. The van der Waals surface area contributed by atoms with Gasteiger partial charge in [-0.2, -0.15) is 0 Å². The van der Waals surface area contributed by atoms with Gasteiger partial charge in [0.2, 0.25) is 0 Å². The molecule has 0 unspecified atom stereocenters. The van der Waals surface area contributed by atoms with Crippen molar-refractivity contribution in [2.75, 3.05) is 4.90 Å². The van der Waals surface area contributed by atoms with Gasteiger partial charge >= 0.3 is 0 Å². The second-order valence-electron chi connectivity index (χ2n) is 19.6. The average molecular weight is 955 g/mol. The highest BCUT2D eigenvalue weighted by atomic mass is 15.1. The van der Waals surface area contributed by atoms with Crippen molar-refractivity contribution in [3.8, 4) is 61.3 Å². The molecule has 12 aromatic carbocycles. The SMILES string of the molecule is c1ccc(-c2ccc(N(c3ccc(-c4ccc5c(c4)C(c4ccccc4)(c4ccccc4)c4ccccc4-5)cc3)c3cccc(-c4cccc(-c5ccc6c(c5)c5ccccc5n6-c5ccccc5)c4)c3)cc2)cc1. The van der Waals surface area contributed by atoms with Crippen LogP contribution in [-0.2, 0) is 5.41 Å². The number of hydrogen-bond donors (Lipinski definition) is 0. The van der Waals surface area contributed by atoms with Crippen molar-refractivity contribution in [1.29, 1.82) is 0 Å². The molecule has 1 heterocycles. The van der Waals surface area contributed by atoms with Gasteiger partial charge in [0.1, 0.15) is 0 Å². The topological polar surface area (TPSA) is 8.17 Å². The number of rotatable bonds is 10. The highest BCUT2D eigenvalue weighted by molar-refractivity contribution is 6.10. The molecule has 1 aliphatic rings. The Morgan fingerprint density at radius 1 is 0.253 bits per heavy atom. The number of benzene rings is 12. The zero-order valence-electron chi connectivity index (χ0n) is 41.3. The molecule has 14 rings (SSSR count). The minimum Gasteiger partial charge on any atom is -0.310 e. The zero-order valence-corrected chi connectivity index (χ0v) is 41.3. The lowest BCUT2D eigenvalue weighted by atomic mass is 9.67. The summed E-state index contributed by atoms with van der Waals surface area (Å²) in [5.74, 6) is 0. The summed E-state index contributed by atoms with van der Waals surface area (Å²) in [5.41, 5.74) is 23.5. The first-order valence-electron chi connectivity index (χ1n) is 25.9. The molecule has 75 heavy (non-hydrogen) atoms. The summed E-state index contributed by atoms with van der Waals surface area (Å²) in [6, 6.07) is 111. The first kappa shape index (κ1) is 44.0. The Labute approximate surface area is 438 Å². The maximum atomic E-state index is 2.45. The molecule has 1 aromatic heterocycles. The third-order valence-electron chi connectivity index (χ3n) is 15.5. The Morgan fingerprint density at radius 3 is 1.39 bits per heavy atom. The number of aromatic nitrogens is 1. The Bertz CT molecular complexity index is 4160. The molecular weight excluding hydrogens is 905 g/mol. The first-order valence-corrected chi connectivity index (χ1v) is 25.9. The van der Waals surface area contributed by atoms with E-state index in [1.807, 2.05) is 0 Å². The molecule has 0 spiro atoms. The van der Waals surface area contributed by atoms with Gasteiger partial charge in [0.25, 0.3) is 0 Å². The van der Waals surface area contributed by atoms with Crippen LogP contribution >= 0.6 is 0 Å². The second kappa shape index (κ2) is 18.4. The maximum Gasteiger partial charge on any atom is 0.0713 e. The molecular formula is C73H50N2. The van der Waals surface area contributed by atoms with Gasteiger partial charge in [0.05, 0.1) is 16.4 Å². The van der Waals surface area contributed by atoms with Crippen molar-refractivity contribution < 1.29 is 0 Å². The molecule has 0 N–H and O–H groups in total. The number of fused-ring (bicyclic) bond motifs is 6. The van der Waals surface area contributed by atoms with E-state index in [-0.39, 0.29) is 0 Å². The van der Waals surface area contributed by atoms with Crippen LogP contribution in [0.4, 0.5) is 17.1 Å². The summed E-state index contributed by atoms with van der Waals surface area (Å²) in [4.78, 5) is 2.39. The van der Waals surface area contributed by atoms with Crippen LogP contribution in [0.2, 0.25) is 0 Å². The predicted molar refractivity (Wildman–Crippen MR) is 315 cm³/mol. The second-order valence-corrected chi connectivity index (χ2v) is 19.6. The van der Waals surface area contributed by atoms with Gasteiger partial charge in [-0.25, -0.2) is 0 Å². The molecule has 0 saturated carbocycles. The Hall–Kier alpha value is -9.76. The summed E-state index contributed by atoms with van der Waals surface area (Å²) >= 11 is 0. The molecule has 0 atom stereocenters. The fourth-order valence-electron chi connectivity index (χ4n) is 12.0. The maximum absolute atomic E-state index is 2.45. The fourth-order valence-corrected chi connectivity index (χ4v) is 12.0. The van der Waals surface area contributed by atoms with Gasteiger partial charge < -0.3 is 9.47 Å². The molecule has 2 heteroatoms. The molecule has 0 bridgehead atoms. The van der Waals surface area contributed by atoms with Gasteiger partial charge in [0.15, 0.2) is 0 Å². The van der Waals surface area contributed by atoms with Gasteiger partial charge in [-0.1, -0.05) is 224 Å². The van der Waals surface area contributed by atoms with E-state index in [0.29, 0.717) is 0 Å². The summed E-state index contributed by atoms with van der Waals surface area (Å²) in [7, 11) is 0. The Kier molecular flexibility index (Phi) is 10.8. The zero-order chi connectivity index (χ0) is 49.7. The van der Waals surface area contributed by atoms with E-state index >= 15 is 0 Å². The molecule has 0 fully saturated rings. The molecule has 0 aliphatic heterocycles. The van der Waals surface area contributed by atoms with Crippen molar-refractivity contribution in [3.05, 3.63) is 326 Å². The smallest absolute Gasteiger partial charge is 0.0713 e. The van der Waals surface area contributed by atoms with Crippen molar-refractivity contribution >= 4 is 38.9 Å². The first-order chi connectivity index (χ1) is 37.2. The lowest BCUT2D eigenvalue weighted by Gasteiger charge is -2.34. The molecule has 352 valence electrons. The number of nitrogens with zero attached hydrogens (tertiary/aromatic N) is 2. The van der Waals surface area contributed by atoms with Crippen LogP contribution in [0.5, 0.6) is 0 Å². The van der Waals surface area contributed by atoms with Crippen molar-refractivity contribution in [1.82, 2.24) is 4.57 Å². The summed E-state index contributed by atoms with van der Waals surface area (Å²) < 4.78 is 2.37. The minimum atomic E-state index is -0.463. The van der Waals surface area contributed by atoms with Gasteiger partial charge in [-0.3, -0.25) is 0 Å². The van der Waals surface area contributed by atoms with E-state index in [2.05, 4.69) is 313 Å². The van der Waals surface area contributed by atoms with E-state index < -0.39 is 5.41 Å². The van der Waals surface area contributed by atoms with Gasteiger partial charge in [0, 0.05) is 33.5 Å². The predicted octanol–water partition coefficient (Wildman–Crippen LogP) is 19.3. The monoisotopic (exact) mass is 954 g/mol. The Morgan fingerprint density at radius 2 is 0.707 bits per heavy atom. The standard InChI is InChI=1S/C73H50N2/c1-5-19-51(20-6-1)52-35-41-62(42-36-52)74(63-43-37-53(38-44-63)58-39-45-66-65-31-13-15-33-69(65)73(70(66)50-58,59-24-7-2-8-25-59)60-26-9-3-10-27-60)64-30-18-23-56(48-64)54-21-17-22-55(47-54)57-40-46-72-68(49-57)67-32-14-16-34-71(67)75(72)61-28-11-4-12-29-61/h1-50H. The molecule has 0 radical (unpaired) electrons. The largest absolute Gasteiger partial charge is 0.310 e. The lowest BCUT2D eigenvalue weighted by Crippen LogP contribution is -2.28. The molecule has 2 nitrogen and oxygen atoms in total. The average Bonchev–Trinajstić information content (AvgIpc) is 4.05. The highest BCUT2D eigenvalue weighted by Crippen LogP contribution is 2.57. The molecule has 0 amide bonds. The third kappa shape index (κ3) is 7.49. The summed E-state index contributed by atoms with van der Waals surface area (Å²) in [5, 5.41) is 2.49. The number of hydrogen-bond acceptors (Lipinski definition) is 1. The minimum absolute atomic E-state index is 0.463. The van der Waals surface area contributed by atoms with E-state index in [1.54, 1.807) is 0 Å². The van der Waals surface area contributed by atoms with Crippen LogP contribution in [0.1, 0.15) is 22.3 Å².